The standard InChI is InChI=1S/C37H66O5/c1-3-5-7-9-11-13-15-17-18-20-22-24-26-28-30-32-37(40)42-35(33-38)34-41-36(39)31-29-27-25-23-21-19-16-14-12-10-8-6-4-2/h11,13-14,16-18,35,38H,3-10,12,15,19-34H2,1-2H3/t35-/m0/s1. The number of ether oxygens (including phenoxy) is 2. The zero-order valence-corrected chi connectivity index (χ0v) is 27.5. The van der Waals surface area contributed by atoms with Crippen molar-refractivity contribution in [3.8, 4) is 0 Å². The van der Waals surface area contributed by atoms with Gasteiger partial charge in [0.1, 0.15) is 6.61 Å². The number of esters is 2. The summed E-state index contributed by atoms with van der Waals surface area (Å²) < 4.78 is 10.5. The van der Waals surface area contributed by atoms with E-state index in [4.69, 9.17) is 9.47 Å². The second-order valence-electron chi connectivity index (χ2n) is 11.6. The van der Waals surface area contributed by atoms with E-state index in [1.165, 1.54) is 77.0 Å². The maximum Gasteiger partial charge on any atom is 0.306 e. The second-order valence-corrected chi connectivity index (χ2v) is 11.6. The first-order chi connectivity index (χ1) is 20.6. The quantitative estimate of drug-likeness (QED) is 0.0494. The SMILES string of the molecule is CCCCCC=CCC=CCCCCCCCC(=O)O[C@@H](CO)COC(=O)CCCCCCCC=CCCCCCC. The molecule has 0 aromatic carbocycles. The molecule has 0 aromatic heterocycles. The first kappa shape index (κ1) is 40.1. The van der Waals surface area contributed by atoms with E-state index in [1.807, 2.05) is 0 Å². The van der Waals surface area contributed by atoms with E-state index in [9.17, 15) is 14.7 Å². The first-order valence-corrected chi connectivity index (χ1v) is 17.5. The van der Waals surface area contributed by atoms with Crippen LogP contribution in [0.1, 0.15) is 168 Å². The Bertz CT molecular complexity index is 682. The Morgan fingerprint density at radius 3 is 1.48 bits per heavy atom. The Morgan fingerprint density at radius 2 is 0.952 bits per heavy atom. The lowest BCUT2D eigenvalue weighted by Crippen LogP contribution is -2.28. The average molecular weight is 591 g/mol. The third-order valence-corrected chi connectivity index (χ3v) is 7.41. The smallest absolute Gasteiger partial charge is 0.306 e. The van der Waals surface area contributed by atoms with Crippen molar-refractivity contribution >= 4 is 11.9 Å². The minimum atomic E-state index is -0.779. The summed E-state index contributed by atoms with van der Waals surface area (Å²) in [4.78, 5) is 24.1. The highest BCUT2D eigenvalue weighted by molar-refractivity contribution is 5.70. The van der Waals surface area contributed by atoms with Gasteiger partial charge in [-0.3, -0.25) is 9.59 Å². The van der Waals surface area contributed by atoms with E-state index in [0.717, 1.165) is 64.2 Å². The van der Waals surface area contributed by atoms with Gasteiger partial charge in [-0.05, 0) is 70.6 Å². The van der Waals surface area contributed by atoms with Crippen molar-refractivity contribution in [2.75, 3.05) is 13.2 Å². The normalized spacial score (nSPS) is 12.5. The first-order valence-electron chi connectivity index (χ1n) is 17.5. The van der Waals surface area contributed by atoms with Crippen molar-refractivity contribution in [2.24, 2.45) is 0 Å². The zero-order valence-electron chi connectivity index (χ0n) is 27.5. The summed E-state index contributed by atoms with van der Waals surface area (Å²) in [6, 6.07) is 0. The molecule has 5 heteroatoms. The fourth-order valence-corrected chi connectivity index (χ4v) is 4.69. The van der Waals surface area contributed by atoms with Gasteiger partial charge in [-0.2, -0.15) is 0 Å². The van der Waals surface area contributed by atoms with Gasteiger partial charge in [-0.1, -0.05) is 121 Å². The number of hydrogen-bond acceptors (Lipinski definition) is 5. The monoisotopic (exact) mass is 590 g/mol. The van der Waals surface area contributed by atoms with Crippen molar-refractivity contribution in [3.63, 3.8) is 0 Å². The van der Waals surface area contributed by atoms with Gasteiger partial charge in [0.2, 0.25) is 0 Å². The number of aliphatic hydroxyl groups excluding tert-OH is 1. The van der Waals surface area contributed by atoms with E-state index < -0.39 is 6.10 Å². The molecule has 5 nitrogen and oxygen atoms in total. The van der Waals surface area contributed by atoms with Crippen molar-refractivity contribution < 1.29 is 24.2 Å². The molecule has 0 fully saturated rings. The predicted molar refractivity (Wildman–Crippen MR) is 178 cm³/mol. The fourth-order valence-electron chi connectivity index (χ4n) is 4.69. The molecule has 0 spiro atoms. The molecule has 0 rings (SSSR count). The lowest BCUT2D eigenvalue weighted by Gasteiger charge is -2.15. The molecule has 1 atom stereocenters. The molecule has 244 valence electrons. The van der Waals surface area contributed by atoms with Crippen LogP contribution in [0.4, 0.5) is 0 Å². The molecule has 0 aliphatic rings. The van der Waals surface area contributed by atoms with Gasteiger partial charge in [-0.15, -0.1) is 0 Å². The van der Waals surface area contributed by atoms with Gasteiger partial charge in [-0.25, -0.2) is 0 Å². The Kier molecular flexibility index (Phi) is 32.1. The maximum atomic E-state index is 12.1. The van der Waals surface area contributed by atoms with Crippen LogP contribution in [-0.2, 0) is 19.1 Å². The lowest BCUT2D eigenvalue weighted by molar-refractivity contribution is -0.161. The molecule has 0 unspecified atom stereocenters. The third kappa shape index (κ3) is 31.1. The van der Waals surface area contributed by atoms with E-state index in [-0.39, 0.29) is 25.2 Å². The predicted octanol–water partition coefficient (Wildman–Crippen LogP) is 10.5. The van der Waals surface area contributed by atoms with Crippen LogP contribution in [-0.4, -0.2) is 36.4 Å². The Morgan fingerprint density at radius 1 is 0.548 bits per heavy atom. The lowest BCUT2D eigenvalue weighted by atomic mass is 10.1. The molecule has 0 aliphatic carbocycles. The van der Waals surface area contributed by atoms with Crippen LogP contribution in [0.2, 0.25) is 0 Å². The summed E-state index contributed by atoms with van der Waals surface area (Å²) in [5.41, 5.74) is 0. The summed E-state index contributed by atoms with van der Waals surface area (Å²) in [7, 11) is 0. The average Bonchev–Trinajstić information content (AvgIpc) is 2.99. The second kappa shape index (κ2) is 33.6. The van der Waals surface area contributed by atoms with Crippen LogP contribution in [0.15, 0.2) is 36.5 Å². The number of allylic oxidation sites excluding steroid dienone is 6. The molecule has 0 amide bonds. The largest absolute Gasteiger partial charge is 0.462 e. The molecule has 1 N–H and O–H groups in total. The molecule has 0 saturated carbocycles. The number of unbranched alkanes of at least 4 members (excludes halogenated alkanes) is 17. The number of aliphatic hydroxyl groups is 1. The number of carbonyl (C=O) groups excluding carboxylic acids is 2. The van der Waals surface area contributed by atoms with Crippen molar-refractivity contribution in [2.45, 2.75) is 174 Å². The topological polar surface area (TPSA) is 72.8 Å². The molecule has 0 bridgehead atoms. The Hall–Kier alpha value is -1.88. The summed E-state index contributed by atoms with van der Waals surface area (Å²) in [6.07, 6.45) is 39.0. The number of hydrogen-bond donors (Lipinski definition) is 1. The minimum Gasteiger partial charge on any atom is -0.462 e. The van der Waals surface area contributed by atoms with Gasteiger partial charge in [0.15, 0.2) is 6.10 Å². The highest BCUT2D eigenvalue weighted by Crippen LogP contribution is 2.11. The molecule has 0 aromatic rings. The van der Waals surface area contributed by atoms with Crippen LogP contribution >= 0.6 is 0 Å². The van der Waals surface area contributed by atoms with Crippen molar-refractivity contribution in [1.29, 1.82) is 0 Å². The van der Waals surface area contributed by atoms with Gasteiger partial charge in [0.05, 0.1) is 6.61 Å². The summed E-state index contributed by atoms with van der Waals surface area (Å²) in [5, 5.41) is 9.51. The summed E-state index contributed by atoms with van der Waals surface area (Å²) in [5.74, 6) is -0.619. The van der Waals surface area contributed by atoms with Crippen LogP contribution in [0.3, 0.4) is 0 Å². The van der Waals surface area contributed by atoms with E-state index >= 15 is 0 Å². The Labute approximate surface area is 259 Å². The molecule has 0 heterocycles. The molecular weight excluding hydrogens is 524 g/mol. The molecule has 42 heavy (non-hydrogen) atoms. The van der Waals surface area contributed by atoms with Crippen LogP contribution < -0.4 is 0 Å². The number of carbonyl (C=O) groups is 2. The Balaban J connectivity index is 3.62. The van der Waals surface area contributed by atoms with Crippen molar-refractivity contribution in [3.05, 3.63) is 36.5 Å². The molecule has 0 saturated heterocycles. The maximum absolute atomic E-state index is 12.1. The van der Waals surface area contributed by atoms with Gasteiger partial charge in [0.25, 0.3) is 0 Å². The highest BCUT2D eigenvalue weighted by atomic mass is 16.6. The summed E-state index contributed by atoms with van der Waals surface area (Å²) in [6.45, 7) is 4.06. The van der Waals surface area contributed by atoms with Crippen molar-refractivity contribution in [1.82, 2.24) is 0 Å². The van der Waals surface area contributed by atoms with E-state index in [1.54, 1.807) is 0 Å². The molecule has 0 radical (unpaired) electrons. The van der Waals surface area contributed by atoms with Gasteiger partial charge >= 0.3 is 11.9 Å². The van der Waals surface area contributed by atoms with Crippen LogP contribution in [0.5, 0.6) is 0 Å². The van der Waals surface area contributed by atoms with Gasteiger partial charge in [0, 0.05) is 12.8 Å². The highest BCUT2D eigenvalue weighted by Gasteiger charge is 2.16. The van der Waals surface area contributed by atoms with Crippen LogP contribution in [0, 0.1) is 0 Å². The molecule has 0 aliphatic heterocycles. The number of rotatable bonds is 31. The summed E-state index contributed by atoms with van der Waals surface area (Å²) >= 11 is 0. The van der Waals surface area contributed by atoms with E-state index in [0.29, 0.717) is 12.8 Å². The minimum absolute atomic E-state index is 0.0754. The fraction of sp³-hybridized carbons (Fsp3) is 0.784. The zero-order chi connectivity index (χ0) is 30.8. The van der Waals surface area contributed by atoms with E-state index in [2.05, 4.69) is 50.3 Å². The molecular formula is C37H66O5. The van der Waals surface area contributed by atoms with Gasteiger partial charge < -0.3 is 14.6 Å². The third-order valence-electron chi connectivity index (χ3n) is 7.41. The van der Waals surface area contributed by atoms with Crippen LogP contribution in [0.25, 0.3) is 0 Å².